The average Bonchev–Trinajstić information content (AvgIpc) is 2.88. The Kier molecular flexibility index (Phi) is 6.17. The van der Waals surface area contributed by atoms with Crippen LogP contribution in [0.1, 0.15) is 54.3 Å². The monoisotopic (exact) mass is 443 g/mol. The van der Waals surface area contributed by atoms with Gasteiger partial charge in [0.1, 0.15) is 4.90 Å². The molecule has 1 aliphatic heterocycles. The fourth-order valence-corrected chi connectivity index (χ4v) is 4.85. The largest absolute Gasteiger partial charge is 0.347 e. The van der Waals surface area contributed by atoms with Gasteiger partial charge < -0.3 is 10.6 Å². The molecule has 0 unspecified atom stereocenters. The van der Waals surface area contributed by atoms with Crippen molar-refractivity contribution in [2.24, 2.45) is 0 Å². The summed E-state index contributed by atoms with van der Waals surface area (Å²) in [7, 11) is -3.89. The first kappa shape index (κ1) is 22.5. The van der Waals surface area contributed by atoms with Gasteiger partial charge in [0.2, 0.25) is 5.91 Å². The van der Waals surface area contributed by atoms with E-state index < -0.39 is 21.5 Å². The highest BCUT2D eigenvalue weighted by molar-refractivity contribution is 7.90. The molecule has 0 spiro atoms. The second kappa shape index (κ2) is 8.50. The Hall–Kier alpha value is -3.20. The molecule has 1 heterocycles. The first-order valence-electron chi connectivity index (χ1n) is 9.88. The van der Waals surface area contributed by atoms with Gasteiger partial charge in [0.05, 0.1) is 16.8 Å². The van der Waals surface area contributed by atoms with Crippen molar-refractivity contribution in [3.8, 4) is 0 Å². The Morgan fingerprint density at radius 1 is 1.00 bits per heavy atom. The van der Waals surface area contributed by atoms with E-state index in [0.29, 0.717) is 11.3 Å². The van der Waals surface area contributed by atoms with Crippen molar-refractivity contribution < 1.29 is 22.8 Å². The lowest BCUT2D eigenvalue weighted by Gasteiger charge is -2.21. The van der Waals surface area contributed by atoms with Gasteiger partial charge in [0.25, 0.3) is 21.8 Å². The third-order valence-corrected chi connectivity index (χ3v) is 6.45. The Morgan fingerprint density at radius 2 is 1.65 bits per heavy atom. The molecule has 0 fully saturated rings. The number of rotatable bonds is 6. The van der Waals surface area contributed by atoms with E-state index in [1.165, 1.54) is 12.1 Å². The van der Waals surface area contributed by atoms with Gasteiger partial charge >= 0.3 is 0 Å². The summed E-state index contributed by atoms with van der Waals surface area (Å²) in [6.45, 7) is 5.48. The van der Waals surface area contributed by atoms with Crippen LogP contribution in [0.4, 0.5) is 5.69 Å². The zero-order valence-corrected chi connectivity index (χ0v) is 18.5. The van der Waals surface area contributed by atoms with Crippen molar-refractivity contribution in [2.75, 3.05) is 11.9 Å². The highest BCUT2D eigenvalue weighted by atomic mass is 32.2. The molecule has 3 amide bonds. The second-order valence-corrected chi connectivity index (χ2v) is 10.1. The lowest BCUT2D eigenvalue weighted by atomic mass is 10.1. The van der Waals surface area contributed by atoms with Gasteiger partial charge in [0.15, 0.2) is 0 Å². The molecule has 2 aromatic carbocycles. The van der Waals surface area contributed by atoms with E-state index in [0.717, 1.165) is 4.31 Å². The SMILES string of the molecule is CC(C)(C)NC(=O)c1ccccc1NC(=O)CCCN1C(=O)c2ccccc2S1(=O)=O. The maximum absolute atomic E-state index is 12.6. The van der Waals surface area contributed by atoms with Gasteiger partial charge in [0, 0.05) is 18.5 Å². The highest BCUT2D eigenvalue weighted by Crippen LogP contribution is 2.30. The van der Waals surface area contributed by atoms with E-state index in [-0.39, 0.29) is 41.7 Å². The number of amides is 3. The summed E-state index contributed by atoms with van der Waals surface area (Å²) in [6, 6.07) is 12.7. The summed E-state index contributed by atoms with van der Waals surface area (Å²) in [5, 5.41) is 5.55. The number of anilines is 1. The van der Waals surface area contributed by atoms with Gasteiger partial charge in [-0.05, 0) is 51.5 Å². The number of hydrogen-bond acceptors (Lipinski definition) is 5. The Bertz CT molecular complexity index is 1140. The molecule has 2 N–H and O–H groups in total. The van der Waals surface area contributed by atoms with Crippen molar-refractivity contribution in [2.45, 2.75) is 44.0 Å². The third kappa shape index (κ3) is 4.93. The minimum atomic E-state index is -3.89. The third-order valence-electron chi connectivity index (χ3n) is 4.61. The lowest BCUT2D eigenvalue weighted by molar-refractivity contribution is -0.116. The van der Waals surface area contributed by atoms with Crippen LogP contribution >= 0.6 is 0 Å². The standard InChI is InChI=1S/C22H25N3O5S/c1-22(2,3)24-20(27)15-9-4-6-11-17(15)23-19(26)13-8-14-25-21(28)16-10-5-7-12-18(16)31(25,29)30/h4-7,9-12H,8,13-14H2,1-3H3,(H,23,26)(H,24,27). The Labute approximate surface area is 181 Å². The van der Waals surface area contributed by atoms with Crippen molar-refractivity contribution in [3.05, 3.63) is 59.7 Å². The van der Waals surface area contributed by atoms with E-state index in [1.54, 1.807) is 36.4 Å². The summed E-state index contributed by atoms with van der Waals surface area (Å²) in [4.78, 5) is 37.3. The lowest BCUT2D eigenvalue weighted by Crippen LogP contribution is -2.40. The van der Waals surface area contributed by atoms with E-state index in [9.17, 15) is 22.8 Å². The molecule has 164 valence electrons. The number of carbonyl (C=O) groups is 3. The topological polar surface area (TPSA) is 113 Å². The summed E-state index contributed by atoms with van der Waals surface area (Å²) in [5.41, 5.74) is 0.412. The molecule has 9 heteroatoms. The van der Waals surface area contributed by atoms with Crippen molar-refractivity contribution >= 4 is 33.4 Å². The van der Waals surface area contributed by atoms with Crippen LogP contribution in [0.2, 0.25) is 0 Å². The molecule has 1 aliphatic rings. The minimum absolute atomic E-state index is 0.00906. The van der Waals surface area contributed by atoms with Crippen LogP contribution < -0.4 is 10.6 Å². The summed E-state index contributed by atoms with van der Waals surface area (Å²) in [5.74, 6) is -1.27. The van der Waals surface area contributed by atoms with Gasteiger partial charge in [-0.3, -0.25) is 14.4 Å². The molecule has 31 heavy (non-hydrogen) atoms. The van der Waals surface area contributed by atoms with Crippen molar-refractivity contribution in [3.63, 3.8) is 0 Å². The summed E-state index contributed by atoms with van der Waals surface area (Å²) in [6.07, 6.45) is 0.145. The smallest absolute Gasteiger partial charge is 0.269 e. The predicted molar refractivity (Wildman–Crippen MR) is 116 cm³/mol. The van der Waals surface area contributed by atoms with Gasteiger partial charge in [-0.2, -0.15) is 0 Å². The van der Waals surface area contributed by atoms with Crippen LogP contribution in [0, 0.1) is 0 Å². The second-order valence-electron chi connectivity index (χ2n) is 8.28. The maximum Gasteiger partial charge on any atom is 0.269 e. The van der Waals surface area contributed by atoms with Crippen LogP contribution in [0.25, 0.3) is 0 Å². The molecule has 0 aromatic heterocycles. The number of hydrogen-bond donors (Lipinski definition) is 2. The molecular formula is C22H25N3O5S. The first-order chi connectivity index (χ1) is 14.5. The van der Waals surface area contributed by atoms with E-state index in [2.05, 4.69) is 10.6 Å². The van der Waals surface area contributed by atoms with Gasteiger partial charge in [-0.15, -0.1) is 0 Å². The van der Waals surface area contributed by atoms with Crippen LogP contribution in [-0.2, 0) is 14.8 Å². The maximum atomic E-state index is 12.6. The molecule has 0 saturated carbocycles. The average molecular weight is 444 g/mol. The normalized spacial score (nSPS) is 14.8. The molecule has 0 saturated heterocycles. The van der Waals surface area contributed by atoms with Crippen molar-refractivity contribution in [1.29, 1.82) is 0 Å². The molecule has 0 bridgehead atoms. The molecule has 0 aliphatic carbocycles. The van der Waals surface area contributed by atoms with Crippen molar-refractivity contribution in [1.82, 2.24) is 9.62 Å². The number of fused-ring (bicyclic) bond motifs is 1. The van der Waals surface area contributed by atoms with Crippen LogP contribution in [-0.4, -0.2) is 42.5 Å². The number of carbonyl (C=O) groups excluding carboxylic acids is 3. The molecular weight excluding hydrogens is 418 g/mol. The number of benzene rings is 2. The van der Waals surface area contributed by atoms with Gasteiger partial charge in [-0.25, -0.2) is 12.7 Å². The summed E-state index contributed by atoms with van der Waals surface area (Å²) >= 11 is 0. The number of nitrogens with zero attached hydrogens (tertiary/aromatic N) is 1. The quantitative estimate of drug-likeness (QED) is 0.713. The van der Waals surface area contributed by atoms with Crippen LogP contribution in [0.5, 0.6) is 0 Å². The zero-order chi connectivity index (χ0) is 22.8. The number of sulfonamides is 1. The minimum Gasteiger partial charge on any atom is -0.347 e. The zero-order valence-electron chi connectivity index (χ0n) is 17.6. The van der Waals surface area contributed by atoms with E-state index in [1.807, 2.05) is 20.8 Å². The summed E-state index contributed by atoms with van der Waals surface area (Å²) < 4.78 is 25.9. The molecule has 3 rings (SSSR count). The van der Waals surface area contributed by atoms with Crippen LogP contribution in [0.3, 0.4) is 0 Å². The molecule has 8 nitrogen and oxygen atoms in total. The molecule has 0 radical (unpaired) electrons. The highest BCUT2D eigenvalue weighted by Gasteiger charge is 2.40. The number of nitrogens with one attached hydrogen (secondary N) is 2. The Morgan fingerprint density at radius 3 is 2.32 bits per heavy atom. The first-order valence-corrected chi connectivity index (χ1v) is 11.3. The fraction of sp³-hybridized carbons (Fsp3) is 0.318. The predicted octanol–water partition coefficient (Wildman–Crippen LogP) is 2.78. The fourth-order valence-electron chi connectivity index (χ4n) is 3.25. The van der Waals surface area contributed by atoms with Gasteiger partial charge in [-0.1, -0.05) is 24.3 Å². The Balaban J connectivity index is 1.61. The van der Waals surface area contributed by atoms with E-state index >= 15 is 0 Å². The van der Waals surface area contributed by atoms with Crippen LogP contribution in [0.15, 0.2) is 53.4 Å². The van der Waals surface area contributed by atoms with E-state index in [4.69, 9.17) is 0 Å². The molecule has 2 aromatic rings. The molecule has 0 atom stereocenters. The number of para-hydroxylation sites is 1.